The molecule has 1 heterocycles. The first-order valence-electron chi connectivity index (χ1n) is 9.05. The number of carbonyl (C=O) groups excluding carboxylic acids is 1. The molecule has 5 rings (SSSR count). The minimum atomic E-state index is -0.923. The number of allylic oxidation sites excluding steroid dienone is 2. The zero-order valence-electron chi connectivity index (χ0n) is 14.7. The van der Waals surface area contributed by atoms with E-state index in [1.165, 1.54) is 28.5 Å². The zero-order chi connectivity index (χ0) is 18.3. The van der Waals surface area contributed by atoms with Gasteiger partial charge in [-0.05, 0) is 57.8 Å². The highest BCUT2D eigenvalue weighted by Crippen LogP contribution is 2.38. The molecule has 1 unspecified atom stereocenters. The Balaban J connectivity index is 1.49. The molecule has 2 aliphatic rings. The Bertz CT molecular complexity index is 1070. The van der Waals surface area contributed by atoms with Gasteiger partial charge in [0, 0.05) is 0 Å². The van der Waals surface area contributed by atoms with Crippen molar-refractivity contribution in [2.45, 2.75) is 11.9 Å². The Labute approximate surface area is 157 Å². The van der Waals surface area contributed by atoms with Gasteiger partial charge in [-0.2, -0.15) is 0 Å². The van der Waals surface area contributed by atoms with E-state index in [-0.39, 0.29) is 11.9 Å². The summed E-state index contributed by atoms with van der Waals surface area (Å²) in [5.74, 6) is -0.970. The number of hydrogen-bond donors (Lipinski definition) is 0. The van der Waals surface area contributed by atoms with Gasteiger partial charge >= 0.3 is 0 Å². The molecular formula is C24H18O3. The van der Waals surface area contributed by atoms with Crippen LogP contribution in [0.5, 0.6) is 0 Å². The van der Waals surface area contributed by atoms with Crippen LogP contribution >= 0.6 is 0 Å². The van der Waals surface area contributed by atoms with Gasteiger partial charge in [0.2, 0.25) is 5.79 Å². The fourth-order valence-electron chi connectivity index (χ4n) is 3.73. The fraction of sp³-hybridized carbons (Fsp3) is 0.125. The van der Waals surface area contributed by atoms with Crippen LogP contribution in [0.2, 0.25) is 0 Å². The maximum atomic E-state index is 11.4. The molecule has 1 spiro atoms. The number of hydrogen-bond acceptors (Lipinski definition) is 3. The van der Waals surface area contributed by atoms with Gasteiger partial charge in [-0.15, -0.1) is 0 Å². The van der Waals surface area contributed by atoms with E-state index in [2.05, 4.69) is 66.7 Å². The number of benzene rings is 3. The molecular weight excluding hydrogens is 336 g/mol. The monoisotopic (exact) mass is 354 g/mol. The van der Waals surface area contributed by atoms with Gasteiger partial charge < -0.3 is 9.47 Å². The van der Waals surface area contributed by atoms with Crippen molar-refractivity contribution in [2.75, 3.05) is 6.61 Å². The molecule has 3 aromatic rings. The first-order chi connectivity index (χ1) is 13.2. The van der Waals surface area contributed by atoms with E-state index in [0.717, 1.165) is 11.1 Å². The van der Waals surface area contributed by atoms with Crippen molar-refractivity contribution in [1.29, 1.82) is 0 Å². The summed E-state index contributed by atoms with van der Waals surface area (Å²) in [4.78, 5) is 11.4. The lowest BCUT2D eigenvalue weighted by Crippen LogP contribution is -2.27. The van der Waals surface area contributed by atoms with E-state index in [1.807, 2.05) is 0 Å². The number of fused-ring (bicyclic) bond motifs is 1. The van der Waals surface area contributed by atoms with Crippen molar-refractivity contribution in [3.63, 3.8) is 0 Å². The summed E-state index contributed by atoms with van der Waals surface area (Å²) >= 11 is 0. The molecule has 1 atom stereocenters. The van der Waals surface area contributed by atoms with Crippen LogP contribution < -0.4 is 0 Å². The van der Waals surface area contributed by atoms with Crippen molar-refractivity contribution in [2.24, 2.45) is 0 Å². The summed E-state index contributed by atoms with van der Waals surface area (Å²) in [7, 11) is 0. The first kappa shape index (κ1) is 16.2. The molecule has 0 amide bonds. The Morgan fingerprint density at radius 1 is 0.889 bits per heavy atom. The van der Waals surface area contributed by atoms with Crippen LogP contribution in [0.1, 0.15) is 11.7 Å². The third kappa shape index (κ3) is 2.91. The third-order valence-corrected chi connectivity index (χ3v) is 5.11. The normalized spacial score (nSPS) is 20.6. The minimum Gasteiger partial charge on any atom is -0.340 e. The first-order valence-corrected chi connectivity index (χ1v) is 9.05. The van der Waals surface area contributed by atoms with E-state index in [4.69, 9.17) is 9.47 Å². The highest BCUT2D eigenvalue weighted by atomic mass is 16.7. The predicted molar refractivity (Wildman–Crippen MR) is 105 cm³/mol. The molecule has 1 aliphatic heterocycles. The zero-order valence-corrected chi connectivity index (χ0v) is 14.7. The highest BCUT2D eigenvalue weighted by Gasteiger charge is 2.39. The molecule has 3 heteroatoms. The largest absolute Gasteiger partial charge is 0.340 e. The van der Waals surface area contributed by atoms with Crippen LogP contribution in [0.15, 0.2) is 91.0 Å². The number of rotatable bonds is 2. The number of ether oxygens (including phenoxy) is 2. The Morgan fingerprint density at radius 2 is 1.67 bits per heavy atom. The van der Waals surface area contributed by atoms with E-state index in [0.29, 0.717) is 6.61 Å². The average Bonchev–Trinajstić information content (AvgIpc) is 3.14. The molecule has 0 aromatic heterocycles. The summed E-state index contributed by atoms with van der Waals surface area (Å²) in [6.07, 6.45) is 6.18. The molecule has 3 aromatic carbocycles. The predicted octanol–water partition coefficient (Wildman–Crippen LogP) is 4.99. The molecule has 1 fully saturated rings. The van der Waals surface area contributed by atoms with Crippen LogP contribution in [0.3, 0.4) is 0 Å². The van der Waals surface area contributed by atoms with Crippen LogP contribution in [0.25, 0.3) is 21.9 Å². The van der Waals surface area contributed by atoms with Gasteiger partial charge in [0.05, 0.1) is 6.61 Å². The lowest BCUT2D eigenvalue weighted by Gasteiger charge is -2.22. The SMILES string of the molecule is O=C1C=CC2(C=C1)OCC(c1cccc(-c3cccc4ccccc34)c1)O2. The summed E-state index contributed by atoms with van der Waals surface area (Å²) in [5, 5.41) is 2.45. The highest BCUT2D eigenvalue weighted by molar-refractivity contribution is 6.00. The quantitative estimate of drug-likeness (QED) is 0.651. The van der Waals surface area contributed by atoms with Gasteiger partial charge in [-0.3, -0.25) is 4.79 Å². The number of carbonyl (C=O) groups is 1. The fourth-order valence-corrected chi connectivity index (χ4v) is 3.73. The Morgan fingerprint density at radius 3 is 2.56 bits per heavy atom. The molecule has 3 nitrogen and oxygen atoms in total. The second-order valence-corrected chi connectivity index (χ2v) is 6.86. The van der Waals surface area contributed by atoms with Crippen molar-refractivity contribution in [3.05, 3.63) is 96.6 Å². The minimum absolute atomic E-state index is 0.0470. The second kappa shape index (κ2) is 6.31. The second-order valence-electron chi connectivity index (χ2n) is 6.86. The maximum absolute atomic E-state index is 11.4. The Hall–Kier alpha value is -3.01. The van der Waals surface area contributed by atoms with Crippen molar-refractivity contribution in [3.8, 4) is 11.1 Å². The molecule has 132 valence electrons. The standard InChI is InChI=1S/C24H18O3/c25-20-11-13-24(14-12-20)26-16-23(27-24)19-8-3-7-18(15-19)22-10-4-6-17-5-1-2-9-21(17)22/h1-15,23H,16H2. The van der Waals surface area contributed by atoms with Gasteiger partial charge in [-0.25, -0.2) is 0 Å². The van der Waals surface area contributed by atoms with Gasteiger partial charge in [0.25, 0.3) is 0 Å². The smallest absolute Gasteiger partial charge is 0.209 e. The molecule has 0 bridgehead atoms. The number of ketones is 1. The van der Waals surface area contributed by atoms with E-state index in [1.54, 1.807) is 12.2 Å². The molecule has 0 saturated carbocycles. The summed E-state index contributed by atoms with van der Waals surface area (Å²) in [5.41, 5.74) is 3.42. The summed E-state index contributed by atoms with van der Waals surface area (Å²) in [6.45, 7) is 0.446. The summed E-state index contributed by atoms with van der Waals surface area (Å²) < 4.78 is 12.0. The van der Waals surface area contributed by atoms with Crippen LogP contribution in [0, 0.1) is 0 Å². The van der Waals surface area contributed by atoms with E-state index in [9.17, 15) is 4.79 Å². The summed E-state index contributed by atoms with van der Waals surface area (Å²) in [6, 6.07) is 23.2. The Kier molecular flexibility index (Phi) is 3.78. The van der Waals surface area contributed by atoms with Crippen molar-refractivity contribution in [1.82, 2.24) is 0 Å². The van der Waals surface area contributed by atoms with Crippen molar-refractivity contribution < 1.29 is 14.3 Å². The van der Waals surface area contributed by atoms with Crippen LogP contribution in [0.4, 0.5) is 0 Å². The van der Waals surface area contributed by atoms with Crippen molar-refractivity contribution >= 4 is 16.6 Å². The molecule has 0 N–H and O–H groups in total. The van der Waals surface area contributed by atoms with E-state index >= 15 is 0 Å². The lowest BCUT2D eigenvalue weighted by atomic mass is 9.96. The topological polar surface area (TPSA) is 35.5 Å². The molecule has 1 saturated heterocycles. The molecule has 1 aliphatic carbocycles. The lowest BCUT2D eigenvalue weighted by molar-refractivity contribution is -0.113. The van der Waals surface area contributed by atoms with E-state index < -0.39 is 5.79 Å². The van der Waals surface area contributed by atoms with Crippen LogP contribution in [-0.4, -0.2) is 18.2 Å². The maximum Gasteiger partial charge on any atom is 0.209 e. The van der Waals surface area contributed by atoms with Gasteiger partial charge in [-0.1, -0.05) is 60.7 Å². The van der Waals surface area contributed by atoms with Gasteiger partial charge in [0.1, 0.15) is 6.10 Å². The van der Waals surface area contributed by atoms with Crippen LogP contribution in [-0.2, 0) is 14.3 Å². The molecule has 0 radical (unpaired) electrons. The molecule has 27 heavy (non-hydrogen) atoms. The van der Waals surface area contributed by atoms with Gasteiger partial charge in [0.15, 0.2) is 5.78 Å². The average molecular weight is 354 g/mol. The third-order valence-electron chi connectivity index (χ3n) is 5.11.